The molecule has 0 spiro atoms. The molecule has 21 heavy (non-hydrogen) atoms. The maximum Gasteiger partial charge on any atom is 0.341 e. The number of fused-ring (bicyclic) bond motifs is 1. The van der Waals surface area contributed by atoms with Crippen LogP contribution >= 0.6 is 0 Å². The molecule has 0 aliphatic heterocycles. The lowest BCUT2D eigenvalue weighted by Gasteiger charge is -2.05. The molecule has 2 aromatic rings. The lowest BCUT2D eigenvalue weighted by Crippen LogP contribution is -2.05. The maximum absolute atomic E-state index is 11.6. The second kappa shape index (κ2) is 5.47. The minimum atomic E-state index is -0.609. The van der Waals surface area contributed by atoms with Gasteiger partial charge in [-0.15, -0.1) is 0 Å². The van der Waals surface area contributed by atoms with Crippen LogP contribution in [0.5, 0.6) is 5.75 Å². The summed E-state index contributed by atoms with van der Waals surface area (Å²) in [5.74, 6) is -1.14. The fourth-order valence-corrected chi connectivity index (χ4v) is 2.39. The molecule has 0 aliphatic carbocycles. The van der Waals surface area contributed by atoms with E-state index in [4.69, 9.17) is 4.74 Å². The molecule has 0 fully saturated rings. The molecule has 6 heteroatoms. The third-order valence-corrected chi connectivity index (χ3v) is 3.69. The number of carbonyl (C=O) groups is 2. The van der Waals surface area contributed by atoms with Crippen molar-refractivity contribution < 1.29 is 24.2 Å². The summed E-state index contributed by atoms with van der Waals surface area (Å²) in [6.07, 6.45) is 0.108. The molecule has 1 heterocycles. The quantitative estimate of drug-likeness (QED) is 0.871. The number of aryl methyl sites for hydroxylation is 1. The predicted octanol–water partition coefficient (Wildman–Crippen LogP) is 1.69. The van der Waals surface area contributed by atoms with Crippen LogP contribution in [0.25, 0.3) is 10.9 Å². The van der Waals surface area contributed by atoms with Gasteiger partial charge in [-0.05, 0) is 24.6 Å². The van der Waals surface area contributed by atoms with Crippen LogP contribution in [0.15, 0.2) is 12.1 Å². The normalized spacial score (nSPS) is 10.7. The van der Waals surface area contributed by atoms with E-state index in [1.54, 1.807) is 6.07 Å². The van der Waals surface area contributed by atoms with Crippen LogP contribution in [-0.2, 0) is 27.7 Å². The first-order valence-electron chi connectivity index (χ1n) is 6.36. The first kappa shape index (κ1) is 14.9. The second-order valence-corrected chi connectivity index (χ2v) is 4.75. The summed E-state index contributed by atoms with van der Waals surface area (Å²) in [7, 11) is 4.41. The van der Waals surface area contributed by atoms with E-state index >= 15 is 0 Å². The number of phenols is 1. The molecule has 0 atom stereocenters. The third-order valence-electron chi connectivity index (χ3n) is 3.69. The predicted molar refractivity (Wildman–Crippen MR) is 76.4 cm³/mol. The van der Waals surface area contributed by atoms with Crippen LogP contribution in [0.4, 0.5) is 0 Å². The molecule has 0 saturated heterocycles. The number of hydrogen-bond donors (Lipinski definition) is 1. The number of aromatic hydroxyl groups is 1. The zero-order valence-electron chi connectivity index (χ0n) is 12.4. The van der Waals surface area contributed by atoms with E-state index in [2.05, 4.69) is 4.74 Å². The molecule has 1 aromatic heterocycles. The van der Waals surface area contributed by atoms with Crippen LogP contribution in [0.3, 0.4) is 0 Å². The van der Waals surface area contributed by atoms with Gasteiger partial charge in [-0.1, -0.05) is 0 Å². The van der Waals surface area contributed by atoms with Gasteiger partial charge in [0, 0.05) is 23.6 Å². The SMILES string of the molecule is COC(=O)Cc1c(C)n(C)c2cc(C(=O)OC)c(O)cc12. The standard InChI is InChI=1S/C15H17NO5/c1-8-9(7-14(18)20-3)10-6-13(17)11(15(19)21-4)5-12(10)16(8)2/h5-6,17H,7H2,1-4H3. The largest absolute Gasteiger partial charge is 0.507 e. The molecule has 0 saturated carbocycles. The van der Waals surface area contributed by atoms with Gasteiger partial charge in [-0.3, -0.25) is 4.79 Å². The van der Waals surface area contributed by atoms with Crippen LogP contribution in [0, 0.1) is 6.92 Å². The van der Waals surface area contributed by atoms with Crippen molar-refractivity contribution in [3.05, 3.63) is 29.0 Å². The molecule has 0 radical (unpaired) electrons. The molecular formula is C15H17NO5. The molecule has 0 bridgehead atoms. The Morgan fingerprint density at radius 3 is 2.48 bits per heavy atom. The van der Waals surface area contributed by atoms with Gasteiger partial charge < -0.3 is 19.1 Å². The number of carbonyl (C=O) groups excluding carboxylic acids is 2. The molecule has 0 amide bonds. The first-order valence-corrected chi connectivity index (χ1v) is 6.36. The van der Waals surface area contributed by atoms with E-state index in [0.717, 1.165) is 16.8 Å². The number of ether oxygens (including phenoxy) is 2. The van der Waals surface area contributed by atoms with Crippen molar-refractivity contribution >= 4 is 22.8 Å². The highest BCUT2D eigenvalue weighted by Gasteiger charge is 2.20. The highest BCUT2D eigenvalue weighted by atomic mass is 16.5. The Morgan fingerprint density at radius 1 is 1.24 bits per heavy atom. The average molecular weight is 291 g/mol. The number of esters is 2. The average Bonchev–Trinajstić information content (AvgIpc) is 2.70. The molecule has 1 N–H and O–H groups in total. The van der Waals surface area contributed by atoms with Gasteiger partial charge in [0.25, 0.3) is 0 Å². The van der Waals surface area contributed by atoms with E-state index in [-0.39, 0.29) is 23.7 Å². The molecule has 6 nitrogen and oxygen atoms in total. The summed E-state index contributed by atoms with van der Waals surface area (Å²) in [4.78, 5) is 23.2. The Balaban J connectivity index is 2.68. The summed E-state index contributed by atoms with van der Waals surface area (Å²) < 4.78 is 11.2. The number of phenolic OH excluding ortho intramolecular Hbond substituents is 1. The second-order valence-electron chi connectivity index (χ2n) is 4.75. The zero-order valence-corrected chi connectivity index (χ0v) is 12.4. The summed E-state index contributed by atoms with van der Waals surface area (Å²) in [6.45, 7) is 1.87. The van der Waals surface area contributed by atoms with Crippen molar-refractivity contribution in [1.82, 2.24) is 4.57 Å². The number of hydrogen-bond acceptors (Lipinski definition) is 5. The highest BCUT2D eigenvalue weighted by molar-refractivity contribution is 5.99. The summed E-state index contributed by atoms with van der Waals surface area (Å²) in [5, 5.41) is 10.7. The Hall–Kier alpha value is -2.50. The van der Waals surface area contributed by atoms with Crippen molar-refractivity contribution in [2.75, 3.05) is 14.2 Å². The number of aromatic nitrogens is 1. The number of rotatable bonds is 3. The van der Waals surface area contributed by atoms with Gasteiger partial charge in [0.2, 0.25) is 0 Å². The molecule has 2 rings (SSSR count). The van der Waals surface area contributed by atoms with Gasteiger partial charge >= 0.3 is 11.9 Å². The van der Waals surface area contributed by atoms with Crippen molar-refractivity contribution in [1.29, 1.82) is 0 Å². The van der Waals surface area contributed by atoms with Gasteiger partial charge in [0.1, 0.15) is 11.3 Å². The Kier molecular flexibility index (Phi) is 3.88. The van der Waals surface area contributed by atoms with Crippen LogP contribution in [0.2, 0.25) is 0 Å². The first-order chi connectivity index (χ1) is 9.90. The van der Waals surface area contributed by atoms with Gasteiger partial charge in [0.15, 0.2) is 0 Å². The third kappa shape index (κ3) is 2.44. The highest BCUT2D eigenvalue weighted by Crippen LogP contribution is 2.31. The Labute approximate surface area is 121 Å². The molecule has 112 valence electrons. The molecular weight excluding hydrogens is 274 g/mol. The molecule has 0 unspecified atom stereocenters. The van der Waals surface area contributed by atoms with E-state index in [1.165, 1.54) is 20.3 Å². The molecule has 1 aromatic carbocycles. The number of methoxy groups -OCH3 is 2. The van der Waals surface area contributed by atoms with Crippen LogP contribution in [0.1, 0.15) is 21.6 Å². The zero-order chi connectivity index (χ0) is 15.7. The lowest BCUT2D eigenvalue weighted by molar-refractivity contribution is -0.139. The summed E-state index contributed by atoms with van der Waals surface area (Å²) in [5.41, 5.74) is 2.47. The van der Waals surface area contributed by atoms with Crippen molar-refractivity contribution in [3.63, 3.8) is 0 Å². The van der Waals surface area contributed by atoms with Crippen LogP contribution < -0.4 is 0 Å². The van der Waals surface area contributed by atoms with Gasteiger partial charge in [-0.25, -0.2) is 4.79 Å². The Morgan fingerprint density at radius 2 is 1.90 bits per heavy atom. The Bertz CT molecular complexity index is 729. The monoisotopic (exact) mass is 291 g/mol. The lowest BCUT2D eigenvalue weighted by atomic mass is 10.1. The van der Waals surface area contributed by atoms with Crippen LogP contribution in [-0.4, -0.2) is 35.8 Å². The number of nitrogens with zero attached hydrogens (tertiary/aromatic N) is 1. The van der Waals surface area contributed by atoms with Gasteiger partial charge in [-0.2, -0.15) is 0 Å². The fourth-order valence-electron chi connectivity index (χ4n) is 2.39. The maximum atomic E-state index is 11.6. The van der Waals surface area contributed by atoms with E-state index in [1.807, 2.05) is 18.5 Å². The number of benzene rings is 1. The van der Waals surface area contributed by atoms with E-state index in [9.17, 15) is 14.7 Å². The minimum absolute atomic E-state index is 0.0928. The van der Waals surface area contributed by atoms with Gasteiger partial charge in [0.05, 0.1) is 20.6 Å². The van der Waals surface area contributed by atoms with E-state index in [0.29, 0.717) is 5.39 Å². The minimum Gasteiger partial charge on any atom is -0.507 e. The molecule has 0 aliphatic rings. The fraction of sp³-hybridized carbons (Fsp3) is 0.333. The van der Waals surface area contributed by atoms with Crippen molar-refractivity contribution in [2.24, 2.45) is 7.05 Å². The summed E-state index contributed by atoms with van der Waals surface area (Å²) in [6, 6.07) is 3.04. The smallest absolute Gasteiger partial charge is 0.341 e. The topological polar surface area (TPSA) is 77.8 Å². The van der Waals surface area contributed by atoms with Crippen molar-refractivity contribution in [3.8, 4) is 5.75 Å². The van der Waals surface area contributed by atoms with E-state index < -0.39 is 5.97 Å². The summed E-state index contributed by atoms with van der Waals surface area (Å²) >= 11 is 0. The van der Waals surface area contributed by atoms with Crippen molar-refractivity contribution in [2.45, 2.75) is 13.3 Å².